The molecule has 2 fully saturated rings. The van der Waals surface area contributed by atoms with Crippen molar-refractivity contribution in [2.45, 2.75) is 38.0 Å². The van der Waals surface area contributed by atoms with Crippen LogP contribution >= 0.6 is 0 Å². The Morgan fingerprint density at radius 2 is 1.80 bits per heavy atom. The Labute approximate surface area is 290 Å². The number of nitriles is 1. The predicted octanol–water partition coefficient (Wildman–Crippen LogP) is 6.78. The Morgan fingerprint density at radius 1 is 0.980 bits per heavy atom. The minimum Gasteiger partial charge on any atom is -0.462 e. The molecule has 50 heavy (non-hydrogen) atoms. The van der Waals surface area contributed by atoms with Gasteiger partial charge < -0.3 is 24.2 Å². The van der Waals surface area contributed by atoms with Crippen LogP contribution in [-0.4, -0.2) is 77.8 Å². The van der Waals surface area contributed by atoms with E-state index in [1.807, 2.05) is 77.7 Å². The zero-order chi connectivity index (χ0) is 34.6. The highest BCUT2D eigenvalue weighted by atomic mass is 19.1. The molecule has 0 spiro atoms. The van der Waals surface area contributed by atoms with Crippen molar-refractivity contribution in [1.29, 1.82) is 5.26 Å². The fourth-order valence-electron chi connectivity index (χ4n) is 7.06. The molecular formula is C40H37FN6O3. The van der Waals surface area contributed by atoms with Crippen LogP contribution in [0.4, 0.5) is 15.0 Å². The number of nitrogens with zero attached hydrogens (tertiary/aromatic N) is 6. The molecule has 0 N–H and O–H groups in total. The predicted molar refractivity (Wildman–Crippen MR) is 191 cm³/mol. The van der Waals surface area contributed by atoms with Gasteiger partial charge in [-0.3, -0.25) is 0 Å². The van der Waals surface area contributed by atoms with E-state index in [1.165, 1.54) is 0 Å². The standard InChI is InChI=1S/C40H37FN6O3/c1-3-28-12-7-13-29-14-8-16-32(35(28)29)33-17-18-34-37(36(33)41)43-39(49-26-31-15-9-21-45(31)2)44-38(34)46-22-23-47(30(24-46)19-20-42)40(48)50-25-27-10-5-4-6-11-27/h1,4-8,10-14,16-18,30-31H,9,15,19,21-26H2,2H3/t30-,31-/m0/s1. The molecule has 252 valence electrons. The van der Waals surface area contributed by atoms with Gasteiger partial charge in [0.1, 0.15) is 24.5 Å². The second-order valence-electron chi connectivity index (χ2n) is 12.8. The Morgan fingerprint density at radius 3 is 2.56 bits per heavy atom. The van der Waals surface area contributed by atoms with Crippen LogP contribution in [0.25, 0.3) is 32.8 Å². The lowest BCUT2D eigenvalue weighted by Crippen LogP contribution is -2.55. The Hall–Kier alpha value is -5.71. The molecule has 0 radical (unpaired) electrons. The first kappa shape index (κ1) is 32.8. The van der Waals surface area contributed by atoms with Gasteiger partial charge in [-0.1, -0.05) is 72.7 Å². The van der Waals surface area contributed by atoms with Crippen molar-refractivity contribution in [2.75, 3.05) is 44.7 Å². The van der Waals surface area contributed by atoms with Crippen molar-refractivity contribution < 1.29 is 18.7 Å². The zero-order valence-corrected chi connectivity index (χ0v) is 27.9. The van der Waals surface area contributed by atoms with E-state index < -0.39 is 18.0 Å². The number of likely N-dealkylation sites (N-methyl/N-ethyl adjacent to an activating group) is 1. The van der Waals surface area contributed by atoms with Crippen molar-refractivity contribution in [3.63, 3.8) is 0 Å². The van der Waals surface area contributed by atoms with Crippen LogP contribution < -0.4 is 9.64 Å². The van der Waals surface area contributed by atoms with Crippen molar-refractivity contribution in [3.8, 4) is 35.6 Å². The summed E-state index contributed by atoms with van der Waals surface area (Å²) < 4.78 is 28.7. The summed E-state index contributed by atoms with van der Waals surface area (Å²) in [6, 6.07) is 26.5. The highest BCUT2D eigenvalue weighted by Gasteiger charge is 2.34. The number of terminal acetylenes is 1. The van der Waals surface area contributed by atoms with Gasteiger partial charge in [0.2, 0.25) is 0 Å². The van der Waals surface area contributed by atoms with Gasteiger partial charge in [-0.2, -0.15) is 15.2 Å². The summed E-state index contributed by atoms with van der Waals surface area (Å²) in [7, 11) is 2.06. The minimum atomic E-state index is -0.509. The molecule has 2 aliphatic rings. The minimum absolute atomic E-state index is 0.0765. The quantitative estimate of drug-likeness (QED) is 0.167. The summed E-state index contributed by atoms with van der Waals surface area (Å²) in [6.45, 7) is 2.46. The molecule has 2 saturated heterocycles. The molecule has 10 heteroatoms. The van der Waals surface area contributed by atoms with E-state index in [4.69, 9.17) is 20.9 Å². The van der Waals surface area contributed by atoms with Gasteiger partial charge in [0, 0.05) is 47.6 Å². The highest BCUT2D eigenvalue weighted by Crippen LogP contribution is 2.38. The molecular weight excluding hydrogens is 631 g/mol. The van der Waals surface area contributed by atoms with E-state index in [0.717, 1.165) is 35.7 Å². The summed E-state index contributed by atoms with van der Waals surface area (Å²) in [5, 5.41) is 11.9. The van der Waals surface area contributed by atoms with Gasteiger partial charge in [0.05, 0.1) is 18.5 Å². The molecule has 7 rings (SSSR count). The highest BCUT2D eigenvalue weighted by molar-refractivity contribution is 6.03. The monoisotopic (exact) mass is 668 g/mol. The summed E-state index contributed by atoms with van der Waals surface area (Å²) in [4.78, 5) is 28.5. The van der Waals surface area contributed by atoms with Crippen LogP contribution in [0.5, 0.6) is 6.01 Å². The lowest BCUT2D eigenvalue weighted by molar-refractivity contribution is 0.0768. The second-order valence-corrected chi connectivity index (χ2v) is 12.8. The van der Waals surface area contributed by atoms with Gasteiger partial charge in [0.25, 0.3) is 0 Å². The molecule has 4 aromatic carbocycles. The maximum absolute atomic E-state index is 16.9. The van der Waals surface area contributed by atoms with Gasteiger partial charge in [0.15, 0.2) is 5.82 Å². The molecule has 2 aliphatic heterocycles. The molecule has 5 aromatic rings. The summed E-state index contributed by atoms with van der Waals surface area (Å²) in [5.74, 6) is 2.72. The molecule has 1 amide bonds. The van der Waals surface area contributed by atoms with Crippen molar-refractivity contribution in [1.82, 2.24) is 19.8 Å². The van der Waals surface area contributed by atoms with Crippen LogP contribution in [0.15, 0.2) is 78.9 Å². The third-order valence-electron chi connectivity index (χ3n) is 9.74. The van der Waals surface area contributed by atoms with Crippen LogP contribution in [0.1, 0.15) is 30.4 Å². The summed E-state index contributed by atoms with van der Waals surface area (Å²) in [5.41, 5.74) is 2.71. The number of anilines is 1. The molecule has 0 aliphatic carbocycles. The smallest absolute Gasteiger partial charge is 0.410 e. The maximum atomic E-state index is 16.9. The van der Waals surface area contributed by atoms with Crippen LogP contribution in [0.2, 0.25) is 0 Å². The van der Waals surface area contributed by atoms with E-state index in [-0.39, 0.29) is 30.6 Å². The second kappa shape index (κ2) is 14.4. The normalized spacial score (nSPS) is 17.8. The molecule has 0 saturated carbocycles. The summed E-state index contributed by atoms with van der Waals surface area (Å²) >= 11 is 0. The largest absolute Gasteiger partial charge is 0.462 e. The van der Waals surface area contributed by atoms with Gasteiger partial charge >= 0.3 is 12.1 Å². The Balaban J connectivity index is 1.25. The molecule has 2 atom stereocenters. The van der Waals surface area contributed by atoms with E-state index >= 15 is 4.39 Å². The number of benzene rings is 4. The van der Waals surface area contributed by atoms with Crippen LogP contribution in [0.3, 0.4) is 0 Å². The number of ether oxygens (including phenoxy) is 2. The molecule has 3 heterocycles. The number of fused-ring (bicyclic) bond motifs is 2. The average Bonchev–Trinajstić information content (AvgIpc) is 3.57. The van der Waals surface area contributed by atoms with Crippen molar-refractivity contribution in [2.24, 2.45) is 0 Å². The van der Waals surface area contributed by atoms with Gasteiger partial charge in [-0.15, -0.1) is 6.42 Å². The lowest BCUT2D eigenvalue weighted by atomic mass is 9.94. The average molecular weight is 669 g/mol. The van der Waals surface area contributed by atoms with E-state index in [9.17, 15) is 10.1 Å². The van der Waals surface area contributed by atoms with Crippen LogP contribution in [-0.2, 0) is 11.3 Å². The number of carbonyl (C=O) groups excluding carboxylic acids is 1. The van der Waals surface area contributed by atoms with Gasteiger partial charge in [-0.05, 0) is 55.1 Å². The van der Waals surface area contributed by atoms with Crippen LogP contribution in [0, 0.1) is 29.5 Å². The first-order valence-electron chi connectivity index (χ1n) is 16.9. The first-order valence-corrected chi connectivity index (χ1v) is 16.9. The maximum Gasteiger partial charge on any atom is 0.410 e. The molecule has 9 nitrogen and oxygen atoms in total. The molecule has 0 bridgehead atoms. The van der Waals surface area contributed by atoms with Gasteiger partial charge in [-0.25, -0.2) is 9.18 Å². The van der Waals surface area contributed by atoms with Crippen molar-refractivity contribution >= 4 is 33.6 Å². The third-order valence-corrected chi connectivity index (χ3v) is 9.74. The fraction of sp³-hybridized carbons (Fsp3) is 0.300. The summed E-state index contributed by atoms with van der Waals surface area (Å²) in [6.07, 6.45) is 7.55. The molecule has 1 aromatic heterocycles. The number of amides is 1. The first-order chi connectivity index (χ1) is 24.4. The third kappa shape index (κ3) is 6.50. The van der Waals surface area contributed by atoms with E-state index in [0.29, 0.717) is 54.1 Å². The Bertz CT molecular complexity index is 2120. The number of rotatable bonds is 8. The van der Waals surface area contributed by atoms with Crippen molar-refractivity contribution in [3.05, 3.63) is 95.8 Å². The SMILES string of the molecule is C#Cc1cccc2cccc(-c3ccc4c(N5CCN(C(=O)OCc6ccccc6)[C@@H](CC#N)C5)nc(OC[C@@H]5CCCN5C)nc4c3F)c12. The number of likely N-dealkylation sites (tertiary alicyclic amines) is 1. The number of piperazine rings is 1. The number of hydrogen-bond donors (Lipinski definition) is 0. The molecule has 0 unspecified atom stereocenters. The lowest BCUT2D eigenvalue weighted by Gasteiger charge is -2.40. The van der Waals surface area contributed by atoms with E-state index in [2.05, 4.69) is 28.9 Å². The number of carbonyl (C=O) groups is 1. The number of halogens is 1. The zero-order valence-electron chi connectivity index (χ0n) is 27.9. The number of hydrogen-bond acceptors (Lipinski definition) is 8. The Kier molecular flexibility index (Phi) is 9.46. The number of aromatic nitrogens is 2. The van der Waals surface area contributed by atoms with E-state index in [1.54, 1.807) is 11.0 Å². The topological polar surface area (TPSA) is 94.8 Å². The fourth-order valence-corrected chi connectivity index (χ4v) is 7.06.